The fourth-order valence-corrected chi connectivity index (χ4v) is 3.78. The molecule has 2 N–H and O–H groups in total. The van der Waals surface area contributed by atoms with Crippen LogP contribution >= 0.6 is 0 Å². The maximum absolute atomic E-state index is 12.3. The van der Waals surface area contributed by atoms with Crippen molar-refractivity contribution >= 4 is 15.7 Å². The van der Waals surface area contributed by atoms with E-state index < -0.39 is 10.0 Å². The lowest BCUT2D eigenvalue weighted by Crippen LogP contribution is -2.33. The Bertz CT molecular complexity index is 536. The first-order valence-corrected chi connectivity index (χ1v) is 8.44. The summed E-state index contributed by atoms with van der Waals surface area (Å²) in [5, 5.41) is 3.26. The number of sulfonamides is 1. The van der Waals surface area contributed by atoms with E-state index in [1.807, 2.05) is 19.9 Å². The highest BCUT2D eigenvalue weighted by Crippen LogP contribution is 2.25. The Kier molecular flexibility index (Phi) is 4.47. The van der Waals surface area contributed by atoms with E-state index in [2.05, 4.69) is 10.0 Å². The van der Waals surface area contributed by atoms with Gasteiger partial charge in [-0.2, -0.15) is 0 Å². The molecule has 1 aliphatic rings. The Hall–Kier alpha value is -1.07. The van der Waals surface area contributed by atoms with Gasteiger partial charge in [-0.15, -0.1) is 0 Å². The monoisotopic (exact) mass is 282 g/mol. The van der Waals surface area contributed by atoms with E-state index in [0.29, 0.717) is 4.90 Å². The topological polar surface area (TPSA) is 58.2 Å². The largest absolute Gasteiger partial charge is 0.385 e. The van der Waals surface area contributed by atoms with Gasteiger partial charge >= 0.3 is 0 Å². The molecule has 1 aromatic carbocycles. The van der Waals surface area contributed by atoms with E-state index in [4.69, 9.17) is 0 Å². The summed E-state index contributed by atoms with van der Waals surface area (Å²) >= 11 is 0. The minimum Gasteiger partial charge on any atom is -0.385 e. The third-order valence-electron chi connectivity index (χ3n) is 3.64. The second-order valence-corrected chi connectivity index (χ2v) is 6.70. The Balaban J connectivity index is 2.25. The van der Waals surface area contributed by atoms with Crippen LogP contribution in [0.4, 0.5) is 5.69 Å². The van der Waals surface area contributed by atoms with E-state index in [9.17, 15) is 8.42 Å². The van der Waals surface area contributed by atoms with Crippen molar-refractivity contribution in [3.8, 4) is 0 Å². The Morgan fingerprint density at radius 2 is 2.05 bits per heavy atom. The maximum Gasteiger partial charge on any atom is 0.240 e. The van der Waals surface area contributed by atoms with Crippen molar-refractivity contribution in [2.45, 2.75) is 50.5 Å². The van der Waals surface area contributed by atoms with Gasteiger partial charge in [0.05, 0.1) is 4.90 Å². The molecule has 0 saturated heterocycles. The van der Waals surface area contributed by atoms with Gasteiger partial charge < -0.3 is 5.32 Å². The lowest BCUT2D eigenvalue weighted by Gasteiger charge is -2.20. The van der Waals surface area contributed by atoms with E-state index in [0.717, 1.165) is 37.9 Å². The number of hydrogen-bond donors (Lipinski definition) is 2. The molecule has 0 saturated carbocycles. The van der Waals surface area contributed by atoms with Gasteiger partial charge in [0.1, 0.15) is 0 Å². The van der Waals surface area contributed by atoms with Crippen molar-refractivity contribution in [3.63, 3.8) is 0 Å². The molecule has 0 amide bonds. The van der Waals surface area contributed by atoms with Gasteiger partial charge in [-0.3, -0.25) is 0 Å². The van der Waals surface area contributed by atoms with Crippen LogP contribution in [0.15, 0.2) is 23.1 Å². The molecular formula is C14H22N2O2S. The third-order valence-corrected chi connectivity index (χ3v) is 5.16. The molecule has 0 unspecified atom stereocenters. The fraction of sp³-hybridized carbons (Fsp3) is 0.571. The van der Waals surface area contributed by atoms with E-state index >= 15 is 0 Å². The van der Waals surface area contributed by atoms with Crippen LogP contribution in [0, 0.1) is 0 Å². The Morgan fingerprint density at radius 3 is 2.74 bits per heavy atom. The summed E-state index contributed by atoms with van der Waals surface area (Å²) in [6.45, 7) is 4.90. The number of aryl methyl sites for hydroxylation is 1. The SMILES string of the molecule is CCC(CC)NS(=O)(=O)c1ccc2c(c1)NCCC2. The van der Waals surface area contributed by atoms with Crippen LogP contribution in [0.2, 0.25) is 0 Å². The van der Waals surface area contributed by atoms with Gasteiger partial charge in [0.15, 0.2) is 0 Å². The summed E-state index contributed by atoms with van der Waals surface area (Å²) < 4.78 is 27.4. The normalized spacial score (nSPS) is 15.1. The van der Waals surface area contributed by atoms with Crippen LogP contribution in [0.1, 0.15) is 38.7 Å². The standard InChI is InChI=1S/C14H22N2O2S/c1-3-12(4-2)16-19(17,18)13-8-7-11-6-5-9-15-14(11)10-13/h7-8,10,12,15-16H,3-6,9H2,1-2H3. The highest BCUT2D eigenvalue weighted by atomic mass is 32.2. The highest BCUT2D eigenvalue weighted by Gasteiger charge is 2.20. The van der Waals surface area contributed by atoms with Gasteiger partial charge in [0.25, 0.3) is 0 Å². The van der Waals surface area contributed by atoms with Crippen LogP contribution in [0.25, 0.3) is 0 Å². The fourth-order valence-electron chi connectivity index (χ4n) is 2.35. The van der Waals surface area contributed by atoms with Crippen LogP contribution in [0.5, 0.6) is 0 Å². The van der Waals surface area contributed by atoms with Crippen molar-refractivity contribution in [3.05, 3.63) is 23.8 Å². The summed E-state index contributed by atoms with van der Waals surface area (Å²) in [6.07, 6.45) is 3.73. The summed E-state index contributed by atoms with van der Waals surface area (Å²) in [4.78, 5) is 0.354. The van der Waals surface area contributed by atoms with Crippen molar-refractivity contribution in [2.75, 3.05) is 11.9 Å². The third kappa shape index (κ3) is 3.28. The lowest BCUT2D eigenvalue weighted by atomic mass is 10.0. The van der Waals surface area contributed by atoms with Crippen LogP contribution in [0.3, 0.4) is 0 Å². The number of benzene rings is 1. The quantitative estimate of drug-likeness (QED) is 0.872. The number of anilines is 1. The predicted molar refractivity (Wildman–Crippen MR) is 77.9 cm³/mol. The molecule has 19 heavy (non-hydrogen) atoms. The maximum atomic E-state index is 12.3. The second-order valence-electron chi connectivity index (χ2n) is 4.98. The average Bonchev–Trinajstić information content (AvgIpc) is 2.44. The minimum absolute atomic E-state index is 0.00833. The van der Waals surface area contributed by atoms with Crippen molar-refractivity contribution in [1.82, 2.24) is 4.72 Å². The molecule has 0 spiro atoms. The highest BCUT2D eigenvalue weighted by molar-refractivity contribution is 7.89. The summed E-state index contributed by atoms with van der Waals surface area (Å²) in [7, 11) is -3.41. The first kappa shape index (κ1) is 14.3. The second kappa shape index (κ2) is 5.92. The summed E-state index contributed by atoms with van der Waals surface area (Å²) in [5.74, 6) is 0. The molecule has 5 heteroatoms. The zero-order valence-corrected chi connectivity index (χ0v) is 12.4. The molecule has 1 aliphatic heterocycles. The van der Waals surface area contributed by atoms with E-state index in [1.165, 1.54) is 5.56 Å². The molecule has 0 aliphatic carbocycles. The molecule has 0 atom stereocenters. The number of fused-ring (bicyclic) bond motifs is 1. The van der Waals surface area contributed by atoms with Gasteiger partial charge in [-0.05, 0) is 43.4 Å². The van der Waals surface area contributed by atoms with Crippen molar-refractivity contribution in [1.29, 1.82) is 0 Å². The molecular weight excluding hydrogens is 260 g/mol. The molecule has 0 radical (unpaired) electrons. The zero-order chi connectivity index (χ0) is 13.9. The molecule has 0 fully saturated rings. The number of hydrogen-bond acceptors (Lipinski definition) is 3. The van der Waals surface area contributed by atoms with Gasteiger partial charge in [-0.1, -0.05) is 19.9 Å². The number of rotatable bonds is 5. The number of nitrogens with one attached hydrogen (secondary N) is 2. The van der Waals surface area contributed by atoms with Crippen LogP contribution in [-0.4, -0.2) is 21.0 Å². The predicted octanol–water partition coefficient (Wildman–Crippen LogP) is 2.51. The minimum atomic E-state index is -3.41. The molecule has 106 valence electrons. The lowest BCUT2D eigenvalue weighted by molar-refractivity contribution is 0.530. The molecule has 4 nitrogen and oxygen atoms in total. The average molecular weight is 282 g/mol. The summed E-state index contributed by atoms with van der Waals surface area (Å²) in [5.41, 5.74) is 2.16. The summed E-state index contributed by atoms with van der Waals surface area (Å²) in [6, 6.07) is 5.38. The first-order chi connectivity index (χ1) is 9.06. The van der Waals surface area contributed by atoms with Crippen LogP contribution < -0.4 is 10.0 Å². The zero-order valence-electron chi connectivity index (χ0n) is 11.6. The van der Waals surface area contributed by atoms with Gasteiger partial charge in [0.2, 0.25) is 10.0 Å². The van der Waals surface area contributed by atoms with Crippen molar-refractivity contribution in [2.24, 2.45) is 0 Å². The van der Waals surface area contributed by atoms with Gasteiger partial charge in [0, 0.05) is 18.3 Å². The molecule has 2 rings (SSSR count). The first-order valence-electron chi connectivity index (χ1n) is 6.96. The van der Waals surface area contributed by atoms with Gasteiger partial charge in [-0.25, -0.2) is 13.1 Å². The van der Waals surface area contributed by atoms with Crippen molar-refractivity contribution < 1.29 is 8.42 Å². The van der Waals surface area contributed by atoms with E-state index in [-0.39, 0.29) is 6.04 Å². The Morgan fingerprint density at radius 1 is 1.32 bits per heavy atom. The smallest absolute Gasteiger partial charge is 0.240 e. The molecule has 0 bridgehead atoms. The molecule has 1 heterocycles. The molecule has 0 aromatic heterocycles. The molecule has 1 aromatic rings. The van der Waals surface area contributed by atoms with Crippen LogP contribution in [-0.2, 0) is 16.4 Å². The Labute approximate surface area is 115 Å². The van der Waals surface area contributed by atoms with E-state index in [1.54, 1.807) is 12.1 Å².